The van der Waals surface area contributed by atoms with E-state index in [4.69, 9.17) is 5.73 Å². The monoisotopic (exact) mass is 362 g/mol. The van der Waals surface area contributed by atoms with Crippen molar-refractivity contribution >= 4 is 29.2 Å². The first-order chi connectivity index (χ1) is 11.6. The molecule has 3 N–H and O–H groups in total. The highest BCUT2D eigenvalue weighted by Gasteiger charge is 2.08. The molecule has 0 saturated heterocycles. The summed E-state index contributed by atoms with van der Waals surface area (Å²) in [7, 11) is 1.87. The van der Waals surface area contributed by atoms with Gasteiger partial charge in [0.2, 0.25) is 5.91 Å². The van der Waals surface area contributed by atoms with Crippen LogP contribution >= 0.6 is 12.4 Å². The molecule has 0 aliphatic rings. The number of carbonyl (C=O) groups excluding carboxylic acids is 1. The fourth-order valence-corrected chi connectivity index (χ4v) is 2.63. The van der Waals surface area contributed by atoms with E-state index in [1.807, 2.05) is 25.2 Å². The van der Waals surface area contributed by atoms with E-state index in [0.717, 1.165) is 22.0 Å². The number of carbonyl (C=O) groups is 1. The molecule has 1 heterocycles. The molecule has 5 nitrogen and oxygen atoms in total. The average molecular weight is 363 g/mol. The summed E-state index contributed by atoms with van der Waals surface area (Å²) in [6.07, 6.45) is 2.01. The topological polar surface area (TPSA) is 72.9 Å². The van der Waals surface area contributed by atoms with Gasteiger partial charge in [0.25, 0.3) is 0 Å². The summed E-state index contributed by atoms with van der Waals surface area (Å²) in [4.78, 5) is 12.1. The first-order valence-electron chi connectivity index (χ1n) is 7.71. The molecule has 3 rings (SSSR count). The molecule has 0 radical (unpaired) electrons. The van der Waals surface area contributed by atoms with E-state index in [2.05, 4.69) is 10.4 Å². The number of aryl methyl sites for hydroxylation is 1. The van der Waals surface area contributed by atoms with E-state index in [1.54, 1.807) is 23.0 Å². The Bertz CT molecular complexity index is 894. The number of aromatic nitrogens is 2. The molecule has 0 unspecified atom stereocenters. The van der Waals surface area contributed by atoms with Crippen LogP contribution in [0.3, 0.4) is 0 Å². The van der Waals surface area contributed by atoms with E-state index in [9.17, 15) is 9.18 Å². The molecule has 25 heavy (non-hydrogen) atoms. The van der Waals surface area contributed by atoms with Crippen LogP contribution in [0.1, 0.15) is 16.7 Å². The van der Waals surface area contributed by atoms with Gasteiger partial charge >= 0.3 is 0 Å². The molecule has 0 saturated carbocycles. The largest absolute Gasteiger partial charge is 0.352 e. The van der Waals surface area contributed by atoms with Gasteiger partial charge in [0.15, 0.2) is 0 Å². The van der Waals surface area contributed by atoms with Crippen LogP contribution in [-0.2, 0) is 31.4 Å². The number of hydrogen-bond donors (Lipinski definition) is 2. The minimum atomic E-state index is -0.352. The Morgan fingerprint density at radius 3 is 2.72 bits per heavy atom. The van der Waals surface area contributed by atoms with E-state index < -0.39 is 0 Å². The van der Waals surface area contributed by atoms with Gasteiger partial charge in [0.1, 0.15) is 5.82 Å². The van der Waals surface area contributed by atoms with Crippen LogP contribution in [0.15, 0.2) is 42.6 Å². The Balaban J connectivity index is 0.00000225. The van der Waals surface area contributed by atoms with Crippen molar-refractivity contribution in [2.45, 2.75) is 19.5 Å². The highest BCUT2D eigenvalue weighted by molar-refractivity contribution is 5.85. The summed E-state index contributed by atoms with van der Waals surface area (Å²) in [5, 5.41) is 7.92. The van der Waals surface area contributed by atoms with Crippen molar-refractivity contribution in [3.05, 3.63) is 65.1 Å². The molecule has 1 aromatic heterocycles. The number of rotatable bonds is 5. The van der Waals surface area contributed by atoms with Crippen molar-refractivity contribution in [3.63, 3.8) is 0 Å². The van der Waals surface area contributed by atoms with Crippen molar-refractivity contribution in [1.29, 1.82) is 0 Å². The van der Waals surface area contributed by atoms with Gasteiger partial charge < -0.3 is 11.1 Å². The zero-order chi connectivity index (χ0) is 17.1. The molecule has 0 fully saturated rings. The number of benzene rings is 2. The van der Waals surface area contributed by atoms with Crippen LogP contribution in [0.5, 0.6) is 0 Å². The molecule has 1 amide bonds. The van der Waals surface area contributed by atoms with Crippen molar-refractivity contribution < 1.29 is 9.18 Å². The lowest BCUT2D eigenvalue weighted by molar-refractivity contribution is -0.120. The third-order valence-electron chi connectivity index (χ3n) is 4.00. The zero-order valence-corrected chi connectivity index (χ0v) is 14.6. The molecular weight excluding hydrogens is 343 g/mol. The van der Waals surface area contributed by atoms with Gasteiger partial charge in [-0.25, -0.2) is 4.39 Å². The van der Waals surface area contributed by atoms with Crippen LogP contribution < -0.4 is 11.1 Å². The maximum atomic E-state index is 13.9. The molecule has 0 bridgehead atoms. The zero-order valence-electron chi connectivity index (χ0n) is 13.8. The molecule has 2 aromatic carbocycles. The maximum Gasteiger partial charge on any atom is 0.224 e. The Morgan fingerprint density at radius 2 is 2.00 bits per heavy atom. The fraction of sp³-hybridized carbons (Fsp3) is 0.222. The van der Waals surface area contributed by atoms with Gasteiger partial charge in [0, 0.05) is 31.1 Å². The summed E-state index contributed by atoms with van der Waals surface area (Å²) in [5.74, 6) is -0.504. The predicted molar refractivity (Wildman–Crippen MR) is 97.8 cm³/mol. The number of fused-ring (bicyclic) bond motifs is 1. The molecule has 7 heteroatoms. The Morgan fingerprint density at radius 1 is 1.24 bits per heavy atom. The molecule has 3 aromatic rings. The van der Waals surface area contributed by atoms with Gasteiger partial charge in [-0.2, -0.15) is 5.10 Å². The highest BCUT2D eigenvalue weighted by Crippen LogP contribution is 2.15. The van der Waals surface area contributed by atoms with Crippen molar-refractivity contribution in [3.8, 4) is 0 Å². The molecule has 0 aliphatic carbocycles. The van der Waals surface area contributed by atoms with Gasteiger partial charge in [-0.05, 0) is 29.3 Å². The summed E-state index contributed by atoms with van der Waals surface area (Å²) in [5.41, 5.74) is 8.56. The minimum Gasteiger partial charge on any atom is -0.352 e. The van der Waals surface area contributed by atoms with Crippen LogP contribution in [0, 0.1) is 5.82 Å². The number of halogens is 2. The van der Waals surface area contributed by atoms with Crippen LogP contribution in [0.4, 0.5) is 4.39 Å². The Hall–Kier alpha value is -2.44. The summed E-state index contributed by atoms with van der Waals surface area (Å²) >= 11 is 0. The average Bonchev–Trinajstić information content (AvgIpc) is 2.94. The van der Waals surface area contributed by atoms with Crippen LogP contribution in [0.2, 0.25) is 0 Å². The van der Waals surface area contributed by atoms with E-state index in [1.165, 1.54) is 6.07 Å². The van der Waals surface area contributed by atoms with Crippen molar-refractivity contribution in [2.75, 3.05) is 0 Å². The standard InChI is InChI=1S/C18H19FN4O.ClH/c1-23-17-5-3-12(6-15(17)11-22-23)8-18(24)21-10-14-4-2-13(9-20)7-16(14)19;/h2-7,11H,8-10,20H2,1H3,(H,21,24);1H. The quantitative estimate of drug-likeness (QED) is 0.732. The number of amides is 1. The number of nitrogens with two attached hydrogens (primary N) is 1. The second-order valence-electron chi connectivity index (χ2n) is 5.74. The van der Waals surface area contributed by atoms with E-state index in [-0.39, 0.29) is 37.1 Å². The summed E-state index contributed by atoms with van der Waals surface area (Å²) < 4.78 is 15.7. The molecule has 132 valence electrons. The summed E-state index contributed by atoms with van der Waals surface area (Å²) in [6.45, 7) is 0.449. The lowest BCUT2D eigenvalue weighted by Crippen LogP contribution is -2.25. The maximum absolute atomic E-state index is 13.9. The lowest BCUT2D eigenvalue weighted by atomic mass is 10.1. The Kier molecular flexibility index (Phi) is 6.12. The van der Waals surface area contributed by atoms with Crippen molar-refractivity contribution in [1.82, 2.24) is 15.1 Å². The molecule has 0 aliphatic heterocycles. The second-order valence-corrected chi connectivity index (χ2v) is 5.74. The normalized spacial score (nSPS) is 10.5. The predicted octanol–water partition coefficient (Wildman–Crippen LogP) is 2.45. The minimum absolute atomic E-state index is 0. The van der Waals surface area contributed by atoms with Gasteiger partial charge in [-0.3, -0.25) is 9.48 Å². The molecule has 0 spiro atoms. The second kappa shape index (κ2) is 8.09. The number of nitrogens with zero attached hydrogens (tertiary/aromatic N) is 2. The SMILES string of the molecule is Cl.Cn1ncc2cc(CC(=O)NCc3ccc(CN)cc3F)ccc21. The molecular formula is C18H20ClFN4O. The van der Waals surface area contributed by atoms with Crippen LogP contribution in [-0.4, -0.2) is 15.7 Å². The third kappa shape index (κ3) is 4.35. The first kappa shape index (κ1) is 18.9. The van der Waals surface area contributed by atoms with Crippen molar-refractivity contribution in [2.24, 2.45) is 12.8 Å². The van der Waals surface area contributed by atoms with Gasteiger partial charge in [-0.15, -0.1) is 12.4 Å². The van der Waals surface area contributed by atoms with E-state index in [0.29, 0.717) is 12.1 Å². The van der Waals surface area contributed by atoms with Crippen LogP contribution in [0.25, 0.3) is 10.9 Å². The third-order valence-corrected chi connectivity index (χ3v) is 4.00. The van der Waals surface area contributed by atoms with Gasteiger partial charge in [0.05, 0.1) is 18.1 Å². The first-order valence-corrected chi connectivity index (χ1v) is 7.71. The molecule has 0 atom stereocenters. The van der Waals surface area contributed by atoms with E-state index >= 15 is 0 Å². The van der Waals surface area contributed by atoms with Gasteiger partial charge in [-0.1, -0.05) is 18.2 Å². The lowest BCUT2D eigenvalue weighted by Gasteiger charge is -2.08. The summed E-state index contributed by atoms with van der Waals surface area (Å²) in [6, 6.07) is 10.6. The fourth-order valence-electron chi connectivity index (χ4n) is 2.63. The Labute approximate surface area is 151 Å². The highest BCUT2D eigenvalue weighted by atomic mass is 35.5. The number of hydrogen-bond acceptors (Lipinski definition) is 3. The smallest absolute Gasteiger partial charge is 0.224 e. The number of nitrogens with one attached hydrogen (secondary N) is 1.